The van der Waals surface area contributed by atoms with Crippen molar-refractivity contribution < 1.29 is 0 Å². The Morgan fingerprint density at radius 1 is 1.35 bits per heavy atom. The minimum Gasteiger partial charge on any atom is -0.398 e. The first-order valence-corrected chi connectivity index (χ1v) is 6.81. The maximum atomic E-state index is 5.99. The summed E-state index contributed by atoms with van der Waals surface area (Å²) in [6, 6.07) is 6.22. The molecule has 1 aromatic carbocycles. The summed E-state index contributed by atoms with van der Waals surface area (Å²) in [5.41, 5.74) is 7.83. The van der Waals surface area contributed by atoms with Crippen LogP contribution in [0.2, 0.25) is 0 Å². The molecule has 0 saturated carbocycles. The van der Waals surface area contributed by atoms with Crippen LogP contribution in [0.3, 0.4) is 0 Å². The summed E-state index contributed by atoms with van der Waals surface area (Å²) in [6.07, 6.45) is 3.04. The maximum absolute atomic E-state index is 5.99. The first-order valence-electron chi connectivity index (χ1n) is 5.93. The second-order valence-electron chi connectivity index (χ2n) is 4.36. The van der Waals surface area contributed by atoms with Crippen molar-refractivity contribution in [1.29, 1.82) is 0 Å². The Hall–Kier alpha value is -1.22. The number of nitrogen functional groups attached to an aromatic ring is 1. The molecule has 1 atom stereocenters. The molecule has 3 heteroatoms. The number of nitrogens with two attached hydrogens (primary N) is 1. The summed E-state index contributed by atoms with van der Waals surface area (Å²) >= 11 is 1.91. The summed E-state index contributed by atoms with van der Waals surface area (Å²) < 4.78 is 0. The number of aromatic nitrogens is 1. The van der Waals surface area contributed by atoms with Crippen molar-refractivity contribution in [3.05, 3.63) is 30.1 Å². The summed E-state index contributed by atoms with van der Waals surface area (Å²) in [7, 11) is 0. The third-order valence-electron chi connectivity index (χ3n) is 2.93. The highest BCUT2D eigenvalue weighted by atomic mass is 32.2. The van der Waals surface area contributed by atoms with Gasteiger partial charge in [-0.05, 0) is 31.5 Å². The second-order valence-corrected chi connectivity index (χ2v) is 5.84. The van der Waals surface area contributed by atoms with Gasteiger partial charge in [-0.1, -0.05) is 13.8 Å². The van der Waals surface area contributed by atoms with E-state index in [0.717, 1.165) is 16.8 Å². The van der Waals surface area contributed by atoms with Crippen molar-refractivity contribution in [3.63, 3.8) is 0 Å². The Morgan fingerprint density at radius 3 is 2.82 bits per heavy atom. The van der Waals surface area contributed by atoms with Gasteiger partial charge in [0.1, 0.15) is 0 Å². The highest BCUT2D eigenvalue weighted by Crippen LogP contribution is 2.34. The predicted octanol–water partition coefficient (Wildman–Crippen LogP) is 4.02. The van der Waals surface area contributed by atoms with Crippen molar-refractivity contribution in [1.82, 2.24) is 4.98 Å². The maximum Gasteiger partial charge on any atom is 0.0410 e. The van der Waals surface area contributed by atoms with Gasteiger partial charge in [0.2, 0.25) is 0 Å². The van der Waals surface area contributed by atoms with E-state index in [1.165, 1.54) is 16.7 Å². The van der Waals surface area contributed by atoms with E-state index in [0.29, 0.717) is 5.25 Å². The second kappa shape index (κ2) is 4.96. The normalized spacial score (nSPS) is 12.9. The van der Waals surface area contributed by atoms with Crippen LogP contribution in [0.5, 0.6) is 0 Å². The molecule has 0 aliphatic carbocycles. The fourth-order valence-electron chi connectivity index (χ4n) is 1.74. The lowest BCUT2D eigenvalue weighted by atomic mass is 10.1. The molecule has 0 fully saturated rings. The minimum atomic E-state index is 0.621. The Balaban J connectivity index is 2.55. The van der Waals surface area contributed by atoms with Crippen LogP contribution in [0, 0.1) is 6.92 Å². The van der Waals surface area contributed by atoms with E-state index < -0.39 is 0 Å². The SMILES string of the molecule is CCC(C)Sc1ccc(N)c2cnc(C)cc12. The van der Waals surface area contributed by atoms with Crippen LogP contribution in [-0.4, -0.2) is 10.2 Å². The molecule has 2 N–H and O–H groups in total. The zero-order chi connectivity index (χ0) is 12.4. The minimum absolute atomic E-state index is 0.621. The zero-order valence-electron chi connectivity index (χ0n) is 10.5. The summed E-state index contributed by atoms with van der Waals surface area (Å²) in [5.74, 6) is 0. The van der Waals surface area contributed by atoms with Crippen LogP contribution in [0.4, 0.5) is 5.69 Å². The van der Waals surface area contributed by atoms with Crippen molar-refractivity contribution >= 4 is 28.2 Å². The van der Waals surface area contributed by atoms with Gasteiger partial charge in [-0.2, -0.15) is 0 Å². The third kappa shape index (κ3) is 2.55. The molecule has 2 rings (SSSR count). The molecule has 0 amide bonds. The van der Waals surface area contributed by atoms with E-state index in [9.17, 15) is 0 Å². The highest BCUT2D eigenvalue weighted by Gasteiger charge is 2.08. The van der Waals surface area contributed by atoms with Crippen molar-refractivity contribution in [2.24, 2.45) is 0 Å². The van der Waals surface area contributed by atoms with E-state index in [-0.39, 0.29) is 0 Å². The molecule has 1 aromatic heterocycles. The Labute approximate surface area is 107 Å². The topological polar surface area (TPSA) is 38.9 Å². The van der Waals surface area contributed by atoms with E-state index in [2.05, 4.69) is 31.0 Å². The molecule has 1 unspecified atom stereocenters. The largest absolute Gasteiger partial charge is 0.398 e. The number of hydrogen-bond donors (Lipinski definition) is 1. The Kier molecular flexibility index (Phi) is 3.57. The molecule has 0 aliphatic heterocycles. The number of fused-ring (bicyclic) bond motifs is 1. The molecule has 1 heterocycles. The average molecular weight is 246 g/mol. The summed E-state index contributed by atoms with van der Waals surface area (Å²) in [6.45, 7) is 6.48. The number of pyridine rings is 1. The lowest BCUT2D eigenvalue weighted by Crippen LogP contribution is -1.95. The molecule has 0 bridgehead atoms. The van der Waals surface area contributed by atoms with Gasteiger partial charge in [0.15, 0.2) is 0 Å². The zero-order valence-corrected chi connectivity index (χ0v) is 11.3. The van der Waals surface area contributed by atoms with Gasteiger partial charge in [0.05, 0.1) is 0 Å². The summed E-state index contributed by atoms with van der Waals surface area (Å²) in [5, 5.41) is 2.90. The van der Waals surface area contributed by atoms with Crippen molar-refractivity contribution in [2.45, 2.75) is 37.3 Å². The van der Waals surface area contributed by atoms with Gasteiger partial charge in [0, 0.05) is 38.5 Å². The molecule has 2 aromatic rings. The quantitative estimate of drug-likeness (QED) is 0.657. The number of benzene rings is 1. The average Bonchev–Trinajstić information content (AvgIpc) is 2.32. The molecule has 2 nitrogen and oxygen atoms in total. The van der Waals surface area contributed by atoms with E-state index in [1.54, 1.807) is 0 Å². The predicted molar refractivity (Wildman–Crippen MR) is 76.5 cm³/mol. The van der Waals surface area contributed by atoms with Gasteiger partial charge in [-0.15, -0.1) is 11.8 Å². The molecule has 0 spiro atoms. The first kappa shape index (κ1) is 12.2. The fraction of sp³-hybridized carbons (Fsp3) is 0.357. The van der Waals surface area contributed by atoms with E-state index in [1.807, 2.05) is 30.9 Å². The molecule has 17 heavy (non-hydrogen) atoms. The smallest absolute Gasteiger partial charge is 0.0410 e. The van der Waals surface area contributed by atoms with Gasteiger partial charge in [-0.25, -0.2) is 0 Å². The van der Waals surface area contributed by atoms with Crippen LogP contribution in [0.25, 0.3) is 10.8 Å². The number of hydrogen-bond acceptors (Lipinski definition) is 3. The first-order chi connectivity index (χ1) is 8.11. The van der Waals surface area contributed by atoms with Crippen molar-refractivity contribution in [3.8, 4) is 0 Å². The molecule has 0 aliphatic rings. The summed E-state index contributed by atoms with van der Waals surface area (Å²) in [4.78, 5) is 5.62. The van der Waals surface area contributed by atoms with Gasteiger partial charge in [-0.3, -0.25) is 4.98 Å². The number of aryl methyl sites for hydroxylation is 1. The lowest BCUT2D eigenvalue weighted by molar-refractivity contribution is 0.906. The molecular weight excluding hydrogens is 228 g/mol. The number of anilines is 1. The van der Waals surface area contributed by atoms with Crippen LogP contribution >= 0.6 is 11.8 Å². The van der Waals surface area contributed by atoms with E-state index >= 15 is 0 Å². The molecular formula is C14H18N2S. The Bertz CT molecular complexity index is 537. The molecule has 0 radical (unpaired) electrons. The fourth-order valence-corrected chi connectivity index (χ4v) is 2.78. The monoisotopic (exact) mass is 246 g/mol. The number of rotatable bonds is 3. The van der Waals surface area contributed by atoms with Crippen molar-refractivity contribution in [2.75, 3.05) is 5.73 Å². The van der Waals surface area contributed by atoms with Gasteiger partial charge in [0.25, 0.3) is 0 Å². The molecule has 0 saturated heterocycles. The highest BCUT2D eigenvalue weighted by molar-refractivity contribution is 8.00. The number of nitrogens with zero attached hydrogens (tertiary/aromatic N) is 1. The lowest BCUT2D eigenvalue weighted by Gasteiger charge is -2.12. The van der Waals surface area contributed by atoms with E-state index in [4.69, 9.17) is 5.73 Å². The van der Waals surface area contributed by atoms with Gasteiger partial charge >= 0.3 is 0 Å². The van der Waals surface area contributed by atoms with Crippen LogP contribution < -0.4 is 5.73 Å². The van der Waals surface area contributed by atoms with Crippen LogP contribution in [-0.2, 0) is 0 Å². The third-order valence-corrected chi connectivity index (χ3v) is 4.28. The van der Waals surface area contributed by atoms with Crippen LogP contribution in [0.15, 0.2) is 29.3 Å². The van der Waals surface area contributed by atoms with Crippen LogP contribution in [0.1, 0.15) is 26.0 Å². The molecule has 90 valence electrons. The Morgan fingerprint density at radius 2 is 2.12 bits per heavy atom. The van der Waals surface area contributed by atoms with Gasteiger partial charge < -0.3 is 5.73 Å². The standard InChI is InChI=1S/C14H18N2S/c1-4-10(3)17-14-6-5-13(15)12-8-16-9(2)7-11(12)14/h5-8,10H,4,15H2,1-3H3. The number of thioether (sulfide) groups is 1.